The fourth-order valence-electron chi connectivity index (χ4n) is 7.56. The van der Waals surface area contributed by atoms with Gasteiger partial charge in [0.05, 0.1) is 12.3 Å². The van der Waals surface area contributed by atoms with Crippen LogP contribution in [-0.2, 0) is 9.53 Å². The Bertz CT molecular complexity index is 1150. The fourth-order valence-corrected chi connectivity index (χ4v) is 7.56. The number of carbonyl (C=O) groups excluding carboxylic acids is 1. The normalized spacial score (nSPS) is 37.8. The van der Waals surface area contributed by atoms with Crippen LogP contribution in [0.4, 0.5) is 0 Å². The van der Waals surface area contributed by atoms with Gasteiger partial charge in [-0.05, 0) is 98.3 Å². The van der Waals surface area contributed by atoms with Crippen LogP contribution in [0, 0.1) is 35.5 Å². The second-order valence-corrected chi connectivity index (χ2v) is 11.6. The minimum absolute atomic E-state index is 0.132. The minimum atomic E-state index is 0.132. The van der Waals surface area contributed by atoms with Gasteiger partial charge in [-0.2, -0.15) is 0 Å². The summed E-state index contributed by atoms with van der Waals surface area (Å²) in [7, 11) is 0. The molecule has 1 aliphatic heterocycles. The van der Waals surface area contributed by atoms with Crippen LogP contribution in [0.1, 0.15) is 74.6 Å². The number of hydrogen-bond acceptors (Lipinski definition) is 3. The average Bonchev–Trinajstić information content (AvgIpc) is 3.25. The highest BCUT2D eigenvalue weighted by Crippen LogP contribution is 2.54. The van der Waals surface area contributed by atoms with Crippen molar-refractivity contribution in [2.75, 3.05) is 13.2 Å². The molecule has 1 aromatic heterocycles. The summed E-state index contributed by atoms with van der Waals surface area (Å²) in [6.45, 7) is 3.64. The molecule has 3 heteroatoms. The van der Waals surface area contributed by atoms with Gasteiger partial charge in [-0.25, -0.2) is 0 Å². The lowest BCUT2D eigenvalue weighted by atomic mass is 9.64. The molecule has 2 heterocycles. The van der Waals surface area contributed by atoms with Gasteiger partial charge in [-0.15, -0.1) is 0 Å². The predicted molar refractivity (Wildman–Crippen MR) is 135 cm³/mol. The molecule has 1 saturated heterocycles. The van der Waals surface area contributed by atoms with Crippen molar-refractivity contribution in [1.29, 1.82) is 0 Å². The van der Waals surface area contributed by atoms with E-state index in [0.717, 1.165) is 38.2 Å². The van der Waals surface area contributed by atoms with Gasteiger partial charge in [-0.3, -0.25) is 9.78 Å². The maximum Gasteiger partial charge on any atom is 0.141 e. The maximum absolute atomic E-state index is 13.3. The van der Waals surface area contributed by atoms with Crippen molar-refractivity contribution in [3.8, 4) is 0 Å². The summed E-state index contributed by atoms with van der Waals surface area (Å²) in [5.41, 5.74) is 8.25. The van der Waals surface area contributed by atoms with Crippen LogP contribution in [0.3, 0.4) is 0 Å². The van der Waals surface area contributed by atoms with Crippen molar-refractivity contribution in [2.24, 2.45) is 35.5 Å². The second kappa shape index (κ2) is 8.16. The van der Waals surface area contributed by atoms with Crippen LogP contribution in [0.25, 0.3) is 11.1 Å². The number of aromatic nitrogens is 1. The number of rotatable bonds is 4. The molecular formula is C31H35NO2. The number of ether oxygens (including phenoxy) is 1. The van der Waals surface area contributed by atoms with Crippen LogP contribution in [0.2, 0.25) is 0 Å². The molecule has 34 heavy (non-hydrogen) atoms. The Kier molecular flexibility index (Phi) is 5.05. The molecule has 3 fully saturated rings. The zero-order valence-corrected chi connectivity index (χ0v) is 20.2. The lowest BCUT2D eigenvalue weighted by Crippen LogP contribution is -2.34. The lowest BCUT2D eigenvalue weighted by Gasteiger charge is -2.40. The summed E-state index contributed by atoms with van der Waals surface area (Å²) in [6, 6.07) is 2.40. The first kappa shape index (κ1) is 21.1. The van der Waals surface area contributed by atoms with E-state index in [2.05, 4.69) is 49.6 Å². The predicted octanol–water partition coefficient (Wildman–Crippen LogP) is 6.53. The first-order chi connectivity index (χ1) is 16.7. The Balaban J connectivity index is 1.22. The molecule has 176 valence electrons. The zero-order valence-electron chi connectivity index (χ0n) is 20.2. The van der Waals surface area contributed by atoms with E-state index in [1.165, 1.54) is 47.2 Å². The van der Waals surface area contributed by atoms with Crippen LogP contribution in [-0.4, -0.2) is 24.0 Å². The number of carbonyl (C=O) groups is 1. The fraction of sp³-hybridized carbons (Fsp3) is 0.548. The molecule has 5 unspecified atom stereocenters. The molecule has 7 rings (SSSR count). The Morgan fingerprint density at radius 2 is 1.94 bits per heavy atom. The molecule has 0 amide bonds. The van der Waals surface area contributed by atoms with Crippen molar-refractivity contribution in [3.05, 3.63) is 65.0 Å². The molecule has 2 saturated carbocycles. The quantitative estimate of drug-likeness (QED) is 0.487. The third-order valence-electron chi connectivity index (χ3n) is 9.55. The third kappa shape index (κ3) is 3.50. The van der Waals surface area contributed by atoms with Crippen LogP contribution < -0.4 is 0 Å². The number of allylic oxidation sites excluding steroid dienone is 8. The van der Waals surface area contributed by atoms with Crippen molar-refractivity contribution >= 4 is 16.9 Å². The molecule has 0 aromatic carbocycles. The molecular weight excluding hydrogens is 418 g/mol. The molecule has 0 spiro atoms. The number of fused-ring (bicyclic) bond motifs is 4. The van der Waals surface area contributed by atoms with E-state index in [-0.39, 0.29) is 11.8 Å². The van der Waals surface area contributed by atoms with Gasteiger partial charge in [0.15, 0.2) is 0 Å². The van der Waals surface area contributed by atoms with Gasteiger partial charge in [-0.1, -0.05) is 36.0 Å². The highest BCUT2D eigenvalue weighted by atomic mass is 16.5. The Morgan fingerprint density at radius 1 is 1.03 bits per heavy atom. The first-order valence-electron chi connectivity index (χ1n) is 13.6. The Labute approximate surface area is 203 Å². The van der Waals surface area contributed by atoms with Gasteiger partial charge in [0.25, 0.3) is 0 Å². The molecule has 7 atom stereocenters. The summed E-state index contributed by atoms with van der Waals surface area (Å²) < 4.78 is 5.54. The monoisotopic (exact) mass is 453 g/mol. The summed E-state index contributed by atoms with van der Waals surface area (Å²) in [5.74, 6) is 3.77. The first-order valence-corrected chi connectivity index (χ1v) is 13.6. The topological polar surface area (TPSA) is 39.2 Å². The molecule has 0 N–H and O–H groups in total. The lowest BCUT2D eigenvalue weighted by molar-refractivity contribution is -0.128. The third-order valence-corrected chi connectivity index (χ3v) is 9.55. The number of pyridine rings is 1. The number of nitrogens with zero attached hydrogens (tertiary/aromatic N) is 1. The Morgan fingerprint density at radius 3 is 2.76 bits per heavy atom. The van der Waals surface area contributed by atoms with Gasteiger partial charge in [0.1, 0.15) is 5.78 Å². The number of Topliss-reactive ketones (excluding diaryl/α,β-unsaturated/α-hetero) is 1. The number of hydrogen-bond donors (Lipinski definition) is 0. The summed E-state index contributed by atoms with van der Waals surface area (Å²) >= 11 is 0. The summed E-state index contributed by atoms with van der Waals surface area (Å²) in [4.78, 5) is 18.2. The maximum atomic E-state index is 13.3. The molecule has 0 radical (unpaired) electrons. The highest BCUT2D eigenvalue weighted by Gasteiger charge is 2.43. The smallest absolute Gasteiger partial charge is 0.141 e. The van der Waals surface area contributed by atoms with E-state index in [1.807, 2.05) is 0 Å². The summed E-state index contributed by atoms with van der Waals surface area (Å²) in [5, 5.41) is 0. The molecule has 6 aliphatic rings. The SMILES string of the molecule is CC1=CC2CC2c2ncc(C3=CC4CC(C(=O)[C@@H]5CCOC5)CCC4C([C@H]4C=CCC4)=C3)cc21. The van der Waals surface area contributed by atoms with E-state index in [4.69, 9.17) is 9.72 Å². The number of ketones is 1. The van der Waals surface area contributed by atoms with E-state index in [9.17, 15) is 4.79 Å². The van der Waals surface area contributed by atoms with E-state index in [0.29, 0.717) is 36.1 Å². The van der Waals surface area contributed by atoms with Crippen molar-refractivity contribution in [3.63, 3.8) is 0 Å². The molecule has 5 aliphatic carbocycles. The van der Waals surface area contributed by atoms with Gasteiger partial charge in [0, 0.05) is 36.1 Å². The van der Waals surface area contributed by atoms with Gasteiger partial charge >= 0.3 is 0 Å². The average molecular weight is 454 g/mol. The van der Waals surface area contributed by atoms with Crippen LogP contribution >= 0.6 is 0 Å². The Hall–Kier alpha value is -2.26. The zero-order chi connectivity index (χ0) is 22.8. The largest absolute Gasteiger partial charge is 0.381 e. The molecule has 0 bridgehead atoms. The standard InChI is InChI=1S/C31H35NO2/c1-18-10-23-14-29(23)30-27(18)15-25(16-32-30)22-12-24-11-20(31(33)21-8-9-34-17-21)6-7-26(24)28(13-22)19-4-2-3-5-19/h2,4,10,12-13,15-16,19-21,23-24,26,29H,3,5-9,11,14,17H2,1H3/t19-,20?,21+,23?,24?,26?,29?/m0/s1. The minimum Gasteiger partial charge on any atom is -0.381 e. The molecule has 1 aromatic rings. The second-order valence-electron chi connectivity index (χ2n) is 11.6. The van der Waals surface area contributed by atoms with Gasteiger partial charge < -0.3 is 4.74 Å². The van der Waals surface area contributed by atoms with Crippen molar-refractivity contribution in [1.82, 2.24) is 4.98 Å². The van der Waals surface area contributed by atoms with E-state index in [1.54, 1.807) is 5.57 Å². The van der Waals surface area contributed by atoms with Crippen molar-refractivity contribution in [2.45, 2.75) is 57.8 Å². The highest BCUT2D eigenvalue weighted by molar-refractivity contribution is 5.84. The summed E-state index contributed by atoms with van der Waals surface area (Å²) in [6.07, 6.45) is 22.2. The van der Waals surface area contributed by atoms with E-state index >= 15 is 0 Å². The van der Waals surface area contributed by atoms with Gasteiger partial charge in [0.2, 0.25) is 0 Å². The van der Waals surface area contributed by atoms with E-state index < -0.39 is 0 Å². The van der Waals surface area contributed by atoms with Crippen LogP contribution in [0.15, 0.2) is 48.2 Å². The van der Waals surface area contributed by atoms with Crippen molar-refractivity contribution < 1.29 is 9.53 Å². The molecule has 3 nitrogen and oxygen atoms in total. The van der Waals surface area contributed by atoms with Crippen LogP contribution in [0.5, 0.6) is 0 Å².